The Morgan fingerprint density at radius 3 is 2.89 bits per heavy atom. The van der Waals surface area contributed by atoms with E-state index in [0.717, 1.165) is 0 Å². The molecule has 1 unspecified atom stereocenters. The van der Waals surface area contributed by atoms with E-state index in [1.807, 2.05) is 6.92 Å². The number of nitrogens with two attached hydrogens (primary N) is 1. The number of para-hydroxylation sites is 2. The van der Waals surface area contributed by atoms with Crippen LogP contribution in [0.3, 0.4) is 0 Å². The fourth-order valence-electron chi connectivity index (χ4n) is 1.42. The van der Waals surface area contributed by atoms with Crippen LogP contribution in [-0.4, -0.2) is 30.8 Å². The number of aliphatic hydroxyl groups excluding tert-OH is 1. The molecule has 18 heavy (non-hydrogen) atoms. The predicted octanol–water partition coefficient (Wildman–Crippen LogP) is 0.782. The minimum absolute atomic E-state index is 0.0555. The number of ether oxygens (including phenoxy) is 1. The third-order valence-corrected chi connectivity index (χ3v) is 2.55. The molecule has 0 fully saturated rings. The first-order valence-corrected chi connectivity index (χ1v) is 5.98. The highest BCUT2D eigenvalue weighted by Gasteiger charge is 2.07. The third kappa shape index (κ3) is 5.05. The quantitative estimate of drug-likeness (QED) is 0.626. The summed E-state index contributed by atoms with van der Waals surface area (Å²) in [6.45, 7) is 2.58. The monoisotopic (exact) mass is 252 g/mol. The van der Waals surface area contributed by atoms with Crippen LogP contribution in [0.25, 0.3) is 0 Å². The molecule has 0 aromatic heterocycles. The molecule has 0 aliphatic heterocycles. The average molecular weight is 252 g/mol. The van der Waals surface area contributed by atoms with Crippen molar-refractivity contribution in [1.29, 1.82) is 0 Å². The molecule has 0 heterocycles. The number of hydrogen-bond donors (Lipinski definition) is 3. The molecule has 0 saturated heterocycles. The molecule has 0 bridgehead atoms. The van der Waals surface area contributed by atoms with E-state index < -0.39 is 0 Å². The molecule has 0 spiro atoms. The van der Waals surface area contributed by atoms with Gasteiger partial charge in [0.1, 0.15) is 5.75 Å². The molecular weight excluding hydrogens is 232 g/mol. The summed E-state index contributed by atoms with van der Waals surface area (Å²) in [7, 11) is 0. The highest BCUT2D eigenvalue weighted by molar-refractivity contribution is 5.77. The lowest BCUT2D eigenvalue weighted by molar-refractivity contribution is -0.123. The maximum atomic E-state index is 11.5. The molecule has 0 aliphatic carbocycles. The summed E-state index contributed by atoms with van der Waals surface area (Å²) in [6.07, 6.45) is 0.673. The summed E-state index contributed by atoms with van der Waals surface area (Å²) in [5, 5.41) is 11.5. The van der Waals surface area contributed by atoms with Gasteiger partial charge in [0.2, 0.25) is 0 Å². The van der Waals surface area contributed by atoms with E-state index >= 15 is 0 Å². The Balaban J connectivity index is 2.27. The number of carbonyl (C=O) groups excluding carboxylic acids is 1. The number of benzene rings is 1. The van der Waals surface area contributed by atoms with Crippen LogP contribution in [0.2, 0.25) is 0 Å². The zero-order valence-corrected chi connectivity index (χ0v) is 10.6. The van der Waals surface area contributed by atoms with Gasteiger partial charge in [-0.2, -0.15) is 0 Å². The van der Waals surface area contributed by atoms with Gasteiger partial charge >= 0.3 is 0 Å². The van der Waals surface area contributed by atoms with Crippen LogP contribution in [-0.2, 0) is 4.79 Å². The van der Waals surface area contributed by atoms with Crippen LogP contribution in [0.5, 0.6) is 5.75 Å². The molecule has 100 valence electrons. The van der Waals surface area contributed by atoms with Crippen molar-refractivity contribution in [2.24, 2.45) is 5.92 Å². The van der Waals surface area contributed by atoms with Crippen molar-refractivity contribution in [3.63, 3.8) is 0 Å². The molecule has 4 N–H and O–H groups in total. The van der Waals surface area contributed by atoms with E-state index in [-0.39, 0.29) is 25.0 Å². The Labute approximate surface area is 107 Å². The van der Waals surface area contributed by atoms with Gasteiger partial charge in [-0.3, -0.25) is 4.79 Å². The van der Waals surface area contributed by atoms with Crippen molar-refractivity contribution >= 4 is 11.6 Å². The Morgan fingerprint density at radius 1 is 1.50 bits per heavy atom. The van der Waals surface area contributed by atoms with Crippen molar-refractivity contribution < 1.29 is 14.6 Å². The second-order valence-corrected chi connectivity index (χ2v) is 4.25. The summed E-state index contributed by atoms with van der Waals surface area (Å²) in [4.78, 5) is 11.5. The molecule has 1 aromatic rings. The summed E-state index contributed by atoms with van der Waals surface area (Å²) in [6, 6.07) is 7.04. The lowest BCUT2D eigenvalue weighted by Gasteiger charge is -2.12. The highest BCUT2D eigenvalue weighted by Crippen LogP contribution is 2.19. The minimum Gasteiger partial charge on any atom is -0.482 e. The fourth-order valence-corrected chi connectivity index (χ4v) is 1.42. The van der Waals surface area contributed by atoms with Gasteiger partial charge in [-0.05, 0) is 24.5 Å². The summed E-state index contributed by atoms with van der Waals surface area (Å²) in [5.74, 6) is 0.569. The zero-order valence-electron chi connectivity index (χ0n) is 10.6. The van der Waals surface area contributed by atoms with Crippen molar-refractivity contribution in [1.82, 2.24) is 5.32 Å². The topological polar surface area (TPSA) is 84.6 Å². The van der Waals surface area contributed by atoms with Crippen LogP contribution in [0, 0.1) is 5.92 Å². The Bertz CT molecular complexity index is 382. The predicted molar refractivity (Wildman–Crippen MR) is 70.2 cm³/mol. The lowest BCUT2D eigenvalue weighted by atomic mass is 10.1. The Hall–Kier alpha value is -1.75. The van der Waals surface area contributed by atoms with Crippen LogP contribution in [0.15, 0.2) is 24.3 Å². The molecule has 1 rings (SSSR count). The normalized spacial score (nSPS) is 11.9. The Kier molecular flexibility index (Phi) is 6.00. The standard InChI is InChI=1S/C13H20N2O3/c1-10(6-7-16)8-15-13(17)9-18-12-5-3-2-4-11(12)14/h2-5,10,16H,6-9,14H2,1H3,(H,15,17). The van der Waals surface area contributed by atoms with Gasteiger partial charge in [0.05, 0.1) is 5.69 Å². The van der Waals surface area contributed by atoms with Crippen LogP contribution in [0.4, 0.5) is 5.69 Å². The van der Waals surface area contributed by atoms with Gasteiger partial charge in [-0.15, -0.1) is 0 Å². The molecule has 0 saturated carbocycles. The van der Waals surface area contributed by atoms with Crippen molar-refractivity contribution in [2.45, 2.75) is 13.3 Å². The molecule has 5 heteroatoms. The molecule has 0 radical (unpaired) electrons. The van der Waals surface area contributed by atoms with E-state index in [0.29, 0.717) is 24.4 Å². The average Bonchev–Trinajstić information content (AvgIpc) is 2.36. The number of nitrogen functional groups attached to an aromatic ring is 1. The molecule has 1 amide bonds. The van der Waals surface area contributed by atoms with Gasteiger partial charge < -0.3 is 20.9 Å². The number of amides is 1. The van der Waals surface area contributed by atoms with Gasteiger partial charge in [0, 0.05) is 13.2 Å². The van der Waals surface area contributed by atoms with Gasteiger partial charge in [-0.25, -0.2) is 0 Å². The second kappa shape index (κ2) is 7.55. The maximum absolute atomic E-state index is 11.5. The molecule has 1 aromatic carbocycles. The number of aliphatic hydroxyl groups is 1. The van der Waals surface area contributed by atoms with Crippen LogP contribution >= 0.6 is 0 Å². The van der Waals surface area contributed by atoms with Crippen LogP contribution < -0.4 is 15.8 Å². The minimum atomic E-state index is -0.192. The van der Waals surface area contributed by atoms with Crippen LogP contribution in [0.1, 0.15) is 13.3 Å². The first kappa shape index (κ1) is 14.3. The van der Waals surface area contributed by atoms with E-state index in [4.69, 9.17) is 15.6 Å². The van der Waals surface area contributed by atoms with E-state index in [2.05, 4.69) is 5.32 Å². The third-order valence-electron chi connectivity index (χ3n) is 2.55. The number of nitrogens with one attached hydrogen (secondary N) is 1. The van der Waals surface area contributed by atoms with Crippen molar-refractivity contribution in [3.8, 4) is 5.75 Å². The van der Waals surface area contributed by atoms with Gasteiger partial charge in [-0.1, -0.05) is 19.1 Å². The maximum Gasteiger partial charge on any atom is 0.257 e. The lowest BCUT2D eigenvalue weighted by Crippen LogP contribution is -2.32. The first-order valence-electron chi connectivity index (χ1n) is 5.98. The van der Waals surface area contributed by atoms with E-state index in [1.165, 1.54) is 0 Å². The second-order valence-electron chi connectivity index (χ2n) is 4.25. The van der Waals surface area contributed by atoms with E-state index in [1.54, 1.807) is 24.3 Å². The molecule has 5 nitrogen and oxygen atoms in total. The summed E-state index contributed by atoms with van der Waals surface area (Å²) < 4.78 is 5.30. The van der Waals surface area contributed by atoms with Gasteiger partial charge in [0.25, 0.3) is 5.91 Å². The summed E-state index contributed by atoms with van der Waals surface area (Å²) in [5.41, 5.74) is 6.20. The smallest absolute Gasteiger partial charge is 0.257 e. The largest absolute Gasteiger partial charge is 0.482 e. The van der Waals surface area contributed by atoms with Crippen molar-refractivity contribution in [2.75, 3.05) is 25.5 Å². The number of hydrogen-bond acceptors (Lipinski definition) is 4. The molecular formula is C13H20N2O3. The van der Waals surface area contributed by atoms with Gasteiger partial charge in [0.15, 0.2) is 6.61 Å². The highest BCUT2D eigenvalue weighted by atomic mass is 16.5. The molecule has 0 aliphatic rings. The SMILES string of the molecule is CC(CCO)CNC(=O)COc1ccccc1N. The van der Waals surface area contributed by atoms with E-state index in [9.17, 15) is 4.79 Å². The zero-order chi connectivity index (χ0) is 13.4. The number of carbonyl (C=O) groups is 1. The Morgan fingerprint density at radius 2 is 2.22 bits per heavy atom. The number of rotatable bonds is 7. The van der Waals surface area contributed by atoms with Crippen molar-refractivity contribution in [3.05, 3.63) is 24.3 Å². The fraction of sp³-hybridized carbons (Fsp3) is 0.462. The number of anilines is 1. The first-order chi connectivity index (χ1) is 8.63. The summed E-state index contributed by atoms with van der Waals surface area (Å²) >= 11 is 0. The molecule has 1 atom stereocenters.